The molecule has 3 aromatic rings. The zero-order chi connectivity index (χ0) is 14.5. The summed E-state index contributed by atoms with van der Waals surface area (Å²) in [7, 11) is 0. The van der Waals surface area contributed by atoms with Gasteiger partial charge in [-0.15, -0.1) is 0 Å². The second-order valence-electron chi connectivity index (χ2n) is 4.44. The lowest BCUT2D eigenvalue weighted by Crippen LogP contribution is -1.91. The van der Waals surface area contributed by atoms with Crippen LogP contribution in [0, 0.1) is 0 Å². The number of aromatic nitrogens is 1. The molecule has 3 nitrogen and oxygen atoms in total. The molecule has 0 unspecified atom stereocenters. The minimum absolute atomic E-state index is 0.455. The van der Waals surface area contributed by atoms with Crippen molar-refractivity contribution in [2.24, 2.45) is 0 Å². The Labute approximate surface area is 128 Å². The molecule has 0 amide bonds. The molecule has 0 fully saturated rings. The summed E-state index contributed by atoms with van der Waals surface area (Å²) in [5.74, 6) is 1.58. The maximum absolute atomic E-state index is 5.87. The smallest absolute Gasteiger partial charge is 0.131 e. The summed E-state index contributed by atoms with van der Waals surface area (Å²) in [6.07, 6.45) is 1.66. The van der Waals surface area contributed by atoms with E-state index in [1.807, 2.05) is 60.7 Å². The first-order valence-electron chi connectivity index (χ1n) is 6.51. The first-order valence-corrected chi connectivity index (χ1v) is 6.89. The minimum Gasteiger partial charge on any atom is -0.457 e. The van der Waals surface area contributed by atoms with E-state index in [1.165, 1.54) is 0 Å². The highest BCUT2D eigenvalue weighted by Gasteiger charge is 2.00. The largest absolute Gasteiger partial charge is 0.457 e. The van der Waals surface area contributed by atoms with Gasteiger partial charge in [-0.1, -0.05) is 35.9 Å². The Morgan fingerprint density at radius 2 is 1.57 bits per heavy atom. The van der Waals surface area contributed by atoms with Crippen molar-refractivity contribution in [1.29, 1.82) is 0 Å². The number of hydrogen-bond acceptors (Lipinski definition) is 3. The molecule has 0 aliphatic rings. The van der Waals surface area contributed by atoms with Crippen molar-refractivity contribution in [3.05, 3.63) is 78.1 Å². The van der Waals surface area contributed by atoms with Gasteiger partial charge in [0.15, 0.2) is 0 Å². The highest BCUT2D eigenvalue weighted by atomic mass is 35.5. The van der Waals surface area contributed by atoms with Gasteiger partial charge in [-0.05, 0) is 36.4 Å². The van der Waals surface area contributed by atoms with E-state index >= 15 is 0 Å². The van der Waals surface area contributed by atoms with Gasteiger partial charge in [0.2, 0.25) is 0 Å². The fraction of sp³-hybridized carbons (Fsp3) is 0. The average molecular weight is 297 g/mol. The number of benzene rings is 2. The summed E-state index contributed by atoms with van der Waals surface area (Å²) in [6.45, 7) is 0. The maximum atomic E-state index is 5.87. The van der Waals surface area contributed by atoms with E-state index in [2.05, 4.69) is 10.3 Å². The van der Waals surface area contributed by atoms with Crippen LogP contribution in [0.15, 0.2) is 72.9 Å². The Bertz CT molecular complexity index is 732. The van der Waals surface area contributed by atoms with Crippen molar-refractivity contribution in [2.45, 2.75) is 0 Å². The molecule has 0 aliphatic carbocycles. The molecule has 0 radical (unpaired) electrons. The van der Waals surface area contributed by atoms with E-state index in [9.17, 15) is 0 Å². The summed E-state index contributed by atoms with van der Waals surface area (Å²) < 4.78 is 5.80. The van der Waals surface area contributed by atoms with Crippen molar-refractivity contribution in [1.82, 2.24) is 4.98 Å². The molecule has 21 heavy (non-hydrogen) atoms. The van der Waals surface area contributed by atoms with E-state index in [0.29, 0.717) is 5.15 Å². The molecule has 3 rings (SSSR count). The van der Waals surface area contributed by atoms with Gasteiger partial charge in [-0.25, -0.2) is 4.98 Å². The predicted molar refractivity (Wildman–Crippen MR) is 85.5 cm³/mol. The minimum atomic E-state index is 0.455. The number of pyridine rings is 1. The fourth-order valence-electron chi connectivity index (χ4n) is 1.91. The molecule has 0 bridgehead atoms. The van der Waals surface area contributed by atoms with Crippen LogP contribution in [0.25, 0.3) is 0 Å². The highest BCUT2D eigenvalue weighted by Crippen LogP contribution is 2.26. The third-order valence-electron chi connectivity index (χ3n) is 2.83. The predicted octanol–water partition coefficient (Wildman–Crippen LogP) is 5.27. The molecule has 1 aromatic heterocycles. The third kappa shape index (κ3) is 3.74. The molecule has 0 aliphatic heterocycles. The van der Waals surface area contributed by atoms with Gasteiger partial charge in [0.05, 0.1) is 0 Å². The number of anilines is 2. The number of nitrogens with zero attached hydrogens (tertiary/aromatic N) is 1. The number of para-hydroxylation sites is 1. The monoisotopic (exact) mass is 296 g/mol. The maximum Gasteiger partial charge on any atom is 0.131 e. The molecule has 1 heterocycles. The van der Waals surface area contributed by atoms with Gasteiger partial charge >= 0.3 is 0 Å². The molecule has 2 aromatic carbocycles. The first kappa shape index (κ1) is 13.5. The molecular formula is C17H13ClN2O. The van der Waals surface area contributed by atoms with Gasteiger partial charge in [0, 0.05) is 23.6 Å². The SMILES string of the molecule is Clc1cc(Nc2cccc(Oc3ccccc3)c2)ccn1. The second kappa shape index (κ2) is 6.29. The van der Waals surface area contributed by atoms with Crippen molar-refractivity contribution >= 4 is 23.0 Å². The zero-order valence-electron chi connectivity index (χ0n) is 11.2. The quantitative estimate of drug-likeness (QED) is 0.666. The summed E-state index contributed by atoms with van der Waals surface area (Å²) in [4.78, 5) is 3.96. The number of rotatable bonds is 4. The molecule has 104 valence electrons. The van der Waals surface area contributed by atoms with Crippen molar-refractivity contribution in [3.8, 4) is 11.5 Å². The first-order chi connectivity index (χ1) is 10.3. The molecule has 1 N–H and O–H groups in total. The lowest BCUT2D eigenvalue weighted by atomic mass is 10.2. The van der Waals surface area contributed by atoms with Gasteiger partial charge in [0.1, 0.15) is 16.7 Å². The van der Waals surface area contributed by atoms with Crippen molar-refractivity contribution < 1.29 is 4.74 Å². The van der Waals surface area contributed by atoms with E-state index < -0.39 is 0 Å². The van der Waals surface area contributed by atoms with Crippen molar-refractivity contribution in [3.63, 3.8) is 0 Å². The highest BCUT2D eigenvalue weighted by molar-refractivity contribution is 6.29. The van der Waals surface area contributed by atoms with Crippen LogP contribution >= 0.6 is 11.6 Å². The van der Waals surface area contributed by atoms with Crippen LogP contribution in [0.3, 0.4) is 0 Å². The van der Waals surface area contributed by atoms with E-state index in [1.54, 1.807) is 12.3 Å². The normalized spacial score (nSPS) is 10.1. The molecule has 0 spiro atoms. The lowest BCUT2D eigenvalue weighted by Gasteiger charge is -2.09. The topological polar surface area (TPSA) is 34.1 Å². The number of nitrogens with one attached hydrogen (secondary N) is 1. The standard InChI is InChI=1S/C17H13ClN2O/c18-17-12-14(9-10-19-17)20-13-5-4-8-16(11-13)21-15-6-2-1-3-7-15/h1-12H,(H,19,20). The molecular weight excluding hydrogens is 284 g/mol. The third-order valence-corrected chi connectivity index (χ3v) is 3.03. The second-order valence-corrected chi connectivity index (χ2v) is 4.82. The zero-order valence-corrected chi connectivity index (χ0v) is 11.9. The van der Waals surface area contributed by atoms with E-state index in [-0.39, 0.29) is 0 Å². The summed E-state index contributed by atoms with van der Waals surface area (Å²) in [5, 5.41) is 3.72. The number of hydrogen-bond donors (Lipinski definition) is 1. The fourth-order valence-corrected chi connectivity index (χ4v) is 2.08. The Balaban J connectivity index is 1.77. The Hall–Kier alpha value is -2.52. The Morgan fingerprint density at radius 1 is 0.810 bits per heavy atom. The van der Waals surface area contributed by atoms with Gasteiger partial charge in [-0.3, -0.25) is 0 Å². The summed E-state index contributed by atoms with van der Waals surface area (Å²) >= 11 is 5.87. The average Bonchev–Trinajstić information content (AvgIpc) is 2.49. The van der Waals surface area contributed by atoms with E-state index in [0.717, 1.165) is 22.9 Å². The Morgan fingerprint density at radius 3 is 2.38 bits per heavy atom. The van der Waals surface area contributed by atoms with Crippen LogP contribution in [0.1, 0.15) is 0 Å². The van der Waals surface area contributed by atoms with Gasteiger partial charge in [-0.2, -0.15) is 0 Å². The van der Waals surface area contributed by atoms with Crippen LogP contribution in [-0.2, 0) is 0 Å². The summed E-state index contributed by atoms with van der Waals surface area (Å²) in [6, 6.07) is 21.0. The number of halogens is 1. The lowest BCUT2D eigenvalue weighted by molar-refractivity contribution is 0.483. The molecule has 0 saturated carbocycles. The van der Waals surface area contributed by atoms with Crippen LogP contribution in [0.5, 0.6) is 11.5 Å². The molecule has 0 atom stereocenters. The van der Waals surface area contributed by atoms with Gasteiger partial charge < -0.3 is 10.1 Å². The molecule has 0 saturated heterocycles. The molecule has 4 heteroatoms. The van der Waals surface area contributed by atoms with Crippen LogP contribution in [0.2, 0.25) is 5.15 Å². The van der Waals surface area contributed by atoms with Gasteiger partial charge in [0.25, 0.3) is 0 Å². The van der Waals surface area contributed by atoms with E-state index in [4.69, 9.17) is 16.3 Å². The Kier molecular flexibility index (Phi) is 4.03. The van der Waals surface area contributed by atoms with Crippen LogP contribution < -0.4 is 10.1 Å². The van der Waals surface area contributed by atoms with Crippen LogP contribution in [-0.4, -0.2) is 4.98 Å². The number of ether oxygens (including phenoxy) is 1. The van der Waals surface area contributed by atoms with Crippen LogP contribution in [0.4, 0.5) is 11.4 Å². The van der Waals surface area contributed by atoms with Crippen molar-refractivity contribution in [2.75, 3.05) is 5.32 Å². The summed E-state index contributed by atoms with van der Waals surface area (Å²) in [5.41, 5.74) is 1.80.